The van der Waals surface area contributed by atoms with Crippen molar-refractivity contribution in [3.63, 3.8) is 0 Å². The van der Waals surface area contributed by atoms with E-state index in [1.54, 1.807) is 6.92 Å². The molecule has 1 N–H and O–H groups in total. The van der Waals surface area contributed by atoms with Gasteiger partial charge < -0.3 is 13.5 Å². The summed E-state index contributed by atoms with van der Waals surface area (Å²) in [5.41, 5.74) is 0. The zero-order valence-corrected chi connectivity index (χ0v) is 10.9. The molecule has 0 aromatic carbocycles. The molecule has 0 aliphatic carbocycles. The lowest BCUT2D eigenvalue weighted by Gasteiger charge is -2.80. The Balaban J connectivity index is 3.46. The van der Waals surface area contributed by atoms with E-state index >= 15 is 0 Å². The highest BCUT2D eigenvalue weighted by atomic mass is 32.4. The average molecular weight is 250 g/mol. The highest BCUT2D eigenvalue weighted by molar-refractivity contribution is 8.69. The maximum absolute atomic E-state index is 12.2. The molecule has 1 aliphatic heterocycles. The van der Waals surface area contributed by atoms with E-state index < -0.39 is 14.8 Å². The van der Waals surface area contributed by atoms with Crippen molar-refractivity contribution in [1.82, 2.24) is 0 Å². The van der Waals surface area contributed by atoms with E-state index in [9.17, 15) is 9.90 Å². The monoisotopic (exact) mass is 250 g/mol. The van der Waals surface area contributed by atoms with Crippen LogP contribution in [-0.2, 0) is 13.2 Å². The Morgan fingerprint density at radius 2 is 2.31 bits per heavy atom. The van der Waals surface area contributed by atoms with Crippen molar-refractivity contribution in [3.8, 4) is 0 Å². The third-order valence-corrected chi connectivity index (χ3v) is 9.87. The van der Waals surface area contributed by atoms with Gasteiger partial charge in [0.1, 0.15) is 5.94 Å². The van der Waals surface area contributed by atoms with Crippen molar-refractivity contribution in [1.29, 1.82) is 0 Å². The second-order valence-electron chi connectivity index (χ2n) is 4.27. The fourth-order valence-corrected chi connectivity index (χ4v) is 6.58. The maximum atomic E-state index is 12.2. The molecule has 1 saturated heterocycles. The summed E-state index contributed by atoms with van der Waals surface area (Å²) < 4.78 is 11.6. The van der Waals surface area contributed by atoms with Gasteiger partial charge in [-0.1, -0.05) is 6.58 Å². The van der Waals surface area contributed by atoms with E-state index in [4.69, 9.17) is 8.37 Å². The van der Waals surface area contributed by atoms with Crippen molar-refractivity contribution in [2.45, 2.75) is 26.7 Å². The number of rotatable bonds is 4. The number of carbonyl (C=O) groups is 1. The number of aliphatic hydroxyl groups excluding tert-OH is 1. The van der Waals surface area contributed by atoms with Crippen molar-refractivity contribution in [3.05, 3.63) is 12.0 Å². The average Bonchev–Trinajstić information content (AvgIpc) is 2.31. The lowest BCUT2D eigenvalue weighted by molar-refractivity contribution is -0.112. The van der Waals surface area contributed by atoms with E-state index in [1.807, 2.05) is 0 Å². The minimum absolute atomic E-state index is 0.223. The lowest BCUT2D eigenvalue weighted by Crippen LogP contribution is -2.52. The van der Waals surface area contributed by atoms with Gasteiger partial charge in [0.15, 0.2) is 0 Å². The quantitative estimate of drug-likeness (QED) is 0.831. The first-order chi connectivity index (χ1) is 7.46. The summed E-state index contributed by atoms with van der Waals surface area (Å²) in [5, 5.41) is 11.1. The van der Waals surface area contributed by atoms with E-state index in [2.05, 4.69) is 6.58 Å². The molecule has 0 bridgehead atoms. The summed E-state index contributed by atoms with van der Waals surface area (Å²) in [5.74, 6) is 0.0237. The van der Waals surface area contributed by atoms with Gasteiger partial charge in [-0.2, -0.15) is 0 Å². The van der Waals surface area contributed by atoms with Gasteiger partial charge in [-0.15, -0.1) is 0 Å². The van der Waals surface area contributed by atoms with Crippen molar-refractivity contribution in [2.24, 2.45) is 0 Å². The van der Waals surface area contributed by atoms with Crippen molar-refractivity contribution < 1.29 is 18.3 Å². The zero-order chi connectivity index (χ0) is 12.3. The van der Waals surface area contributed by atoms with Gasteiger partial charge >= 0.3 is 0 Å². The Morgan fingerprint density at radius 1 is 1.62 bits per heavy atom. The molecule has 0 aromatic heterocycles. The number of aliphatic hydroxyl groups is 1. The van der Waals surface area contributed by atoms with Crippen LogP contribution in [0.2, 0.25) is 0 Å². The zero-order valence-electron chi connectivity index (χ0n) is 10.1. The largest absolute Gasteiger partial charge is 0.379 e. The molecular weight excluding hydrogens is 228 g/mol. The Bertz CT molecular complexity index is 309. The van der Waals surface area contributed by atoms with E-state index in [1.165, 1.54) is 12.3 Å². The summed E-state index contributed by atoms with van der Waals surface area (Å²) in [7, 11) is -4.06. The Morgan fingerprint density at radius 3 is 2.62 bits per heavy atom. The molecule has 0 radical (unpaired) electrons. The Kier molecular flexibility index (Phi) is 3.29. The normalized spacial score (nSPS) is 30.2. The van der Waals surface area contributed by atoms with Gasteiger partial charge in [0, 0.05) is 12.7 Å². The van der Waals surface area contributed by atoms with Crippen LogP contribution < -0.4 is 0 Å². The summed E-state index contributed by atoms with van der Waals surface area (Å²) in [6.45, 7) is 7.73. The molecular formula is C11H22O4S. The van der Waals surface area contributed by atoms with Crippen LogP contribution >= 0.6 is 8.86 Å². The first kappa shape index (κ1) is 13.7. The molecule has 0 unspecified atom stereocenters. The van der Waals surface area contributed by atoms with E-state index in [0.717, 1.165) is 12.8 Å². The molecule has 0 saturated carbocycles. The van der Waals surface area contributed by atoms with Crippen molar-refractivity contribution in [2.75, 3.05) is 24.9 Å². The molecule has 1 rings (SSSR count). The second kappa shape index (κ2) is 3.84. The molecule has 0 aromatic rings. The number of hydrogen-bond donors (Lipinski definition) is 1. The smallest absolute Gasteiger partial charge is 0.214 e. The van der Waals surface area contributed by atoms with Crippen LogP contribution in [0.5, 0.6) is 0 Å². The predicted octanol–water partition coefficient (Wildman–Crippen LogP) is 2.18. The van der Waals surface area contributed by atoms with Gasteiger partial charge in [0.05, 0.1) is 13.2 Å². The molecule has 1 fully saturated rings. The fourth-order valence-electron chi connectivity index (χ4n) is 2.26. The first-order valence-electron chi connectivity index (χ1n) is 5.56. The molecule has 4 nitrogen and oxygen atoms in total. The first-order valence-corrected chi connectivity index (χ1v) is 8.26. The molecule has 0 amide bonds. The Hall–Kier alpha value is -0.360. The topological polar surface area (TPSA) is 55.8 Å². The summed E-state index contributed by atoms with van der Waals surface area (Å²) in [6.07, 6.45) is 1.70. The predicted molar refractivity (Wildman–Crippen MR) is 67.2 cm³/mol. The minimum atomic E-state index is -4.06. The van der Waals surface area contributed by atoms with Crippen molar-refractivity contribution >= 4 is 14.0 Å². The van der Waals surface area contributed by atoms with Gasteiger partial charge in [-0.3, -0.25) is 4.79 Å². The minimum Gasteiger partial charge on any atom is -0.379 e. The molecule has 1 aliphatic rings. The molecule has 5 heteroatoms. The van der Waals surface area contributed by atoms with E-state index in [-0.39, 0.29) is 5.12 Å². The fraction of sp³-hybridized carbons (Fsp3) is 0.727. The third-order valence-electron chi connectivity index (χ3n) is 3.55. The molecule has 16 heavy (non-hydrogen) atoms. The van der Waals surface area contributed by atoms with Crippen LogP contribution in [0.4, 0.5) is 0 Å². The lowest BCUT2D eigenvalue weighted by atomic mass is 10.4. The van der Waals surface area contributed by atoms with Crippen LogP contribution in [0.25, 0.3) is 0 Å². The maximum Gasteiger partial charge on any atom is 0.214 e. The highest BCUT2D eigenvalue weighted by Gasteiger charge is 2.58. The van der Waals surface area contributed by atoms with Gasteiger partial charge in [0.2, 0.25) is 5.12 Å². The van der Waals surface area contributed by atoms with Gasteiger partial charge in [-0.05, 0) is 25.2 Å². The molecule has 96 valence electrons. The molecule has 0 atom stereocenters. The van der Waals surface area contributed by atoms with Crippen LogP contribution in [0.15, 0.2) is 12.0 Å². The van der Waals surface area contributed by atoms with Crippen LogP contribution in [0, 0.1) is 0 Å². The third kappa shape index (κ3) is 1.39. The van der Waals surface area contributed by atoms with E-state index in [0.29, 0.717) is 19.0 Å². The summed E-state index contributed by atoms with van der Waals surface area (Å²) in [6, 6.07) is 0. The molecule has 1 heterocycles. The number of hydrogen-bond acceptors (Lipinski definition) is 4. The van der Waals surface area contributed by atoms with Gasteiger partial charge in [-0.25, -0.2) is 8.86 Å². The van der Waals surface area contributed by atoms with Crippen LogP contribution in [0.3, 0.4) is 0 Å². The SMILES string of the molecule is C=CS1(CO)(OCC)(C(C)=O)CCCCO1. The standard InChI is InChI=1S/C11H22O4S/c1-4-14-16(5-2,10-12,11(3)13)9-7-6-8-15-16/h5,12H,2,4,6-10H2,1,3H3. The number of carbonyl (C=O) groups excluding carboxylic acids is 1. The molecule has 0 spiro atoms. The summed E-state index contributed by atoms with van der Waals surface area (Å²) in [4.78, 5) is 12.2. The Labute approximate surface area is 96.3 Å². The van der Waals surface area contributed by atoms with Crippen LogP contribution in [0.1, 0.15) is 26.7 Å². The van der Waals surface area contributed by atoms with Gasteiger partial charge in [0.25, 0.3) is 0 Å². The highest BCUT2D eigenvalue weighted by Crippen LogP contribution is 2.92. The summed E-state index contributed by atoms with van der Waals surface area (Å²) >= 11 is 0. The second-order valence-corrected chi connectivity index (χ2v) is 10.0. The van der Waals surface area contributed by atoms with Crippen LogP contribution in [-0.4, -0.2) is 35.1 Å².